The van der Waals surface area contributed by atoms with Crippen LogP contribution in [-0.2, 0) is 19.1 Å². The van der Waals surface area contributed by atoms with Gasteiger partial charge < -0.3 is 18.9 Å². The number of hydrogen-bond donors (Lipinski definition) is 0. The second kappa shape index (κ2) is 10.8. The normalized spacial score (nSPS) is 20.5. The lowest BCUT2D eigenvalue weighted by atomic mass is 9.68. The van der Waals surface area contributed by atoms with Crippen LogP contribution in [0, 0.1) is 11.3 Å². The predicted molar refractivity (Wildman–Crippen MR) is 110 cm³/mol. The summed E-state index contributed by atoms with van der Waals surface area (Å²) >= 11 is 0. The molecule has 1 aromatic carbocycles. The van der Waals surface area contributed by atoms with Crippen molar-refractivity contribution in [3.8, 4) is 11.5 Å². The van der Waals surface area contributed by atoms with Crippen LogP contribution < -0.4 is 9.47 Å². The van der Waals surface area contributed by atoms with Gasteiger partial charge in [0, 0.05) is 38.7 Å². The fourth-order valence-electron chi connectivity index (χ4n) is 4.61. The Bertz CT molecular complexity index is 661. The largest absolute Gasteiger partial charge is 0.468 e. The summed E-state index contributed by atoms with van der Waals surface area (Å²) in [5.41, 5.74) is 0.972. The van der Waals surface area contributed by atoms with Crippen molar-refractivity contribution in [3.05, 3.63) is 23.8 Å². The van der Waals surface area contributed by atoms with Gasteiger partial charge in [0.05, 0.1) is 7.11 Å². The van der Waals surface area contributed by atoms with Gasteiger partial charge in [-0.25, -0.2) is 5.06 Å². The molecule has 1 amide bonds. The monoisotopic (exact) mass is 409 g/mol. The van der Waals surface area contributed by atoms with E-state index in [1.165, 1.54) is 12.2 Å². The van der Waals surface area contributed by atoms with Gasteiger partial charge in [-0.3, -0.25) is 9.63 Å². The van der Waals surface area contributed by atoms with Gasteiger partial charge in [-0.2, -0.15) is 0 Å². The molecule has 0 saturated heterocycles. The van der Waals surface area contributed by atoms with E-state index in [1.807, 2.05) is 18.2 Å². The molecule has 0 N–H and O–H groups in total. The fourth-order valence-corrected chi connectivity index (χ4v) is 4.61. The molecule has 7 heteroatoms. The second-order valence-corrected chi connectivity index (χ2v) is 7.51. The van der Waals surface area contributed by atoms with Gasteiger partial charge in [-0.15, -0.1) is 0 Å². The Morgan fingerprint density at radius 1 is 1.10 bits per heavy atom. The van der Waals surface area contributed by atoms with E-state index >= 15 is 0 Å². The molecule has 1 aliphatic rings. The molecule has 0 heterocycles. The molecule has 2 unspecified atom stereocenters. The summed E-state index contributed by atoms with van der Waals surface area (Å²) in [4.78, 5) is 18.4. The Morgan fingerprint density at radius 3 is 2.34 bits per heavy atom. The number of amides is 1. The minimum atomic E-state index is -0.192. The summed E-state index contributed by atoms with van der Waals surface area (Å²) in [7, 11) is 6.36. The van der Waals surface area contributed by atoms with Crippen LogP contribution in [-0.4, -0.2) is 52.9 Å². The smallest absolute Gasteiger partial charge is 0.249 e. The molecule has 1 aromatic rings. The van der Waals surface area contributed by atoms with Gasteiger partial charge >= 0.3 is 0 Å². The van der Waals surface area contributed by atoms with E-state index in [0.717, 1.165) is 31.2 Å². The summed E-state index contributed by atoms with van der Waals surface area (Å²) < 4.78 is 21.7. The van der Waals surface area contributed by atoms with E-state index in [9.17, 15) is 4.79 Å². The van der Waals surface area contributed by atoms with Crippen LogP contribution in [0.1, 0.15) is 51.0 Å². The Balaban J connectivity index is 2.56. The van der Waals surface area contributed by atoms with E-state index < -0.39 is 0 Å². The van der Waals surface area contributed by atoms with Crippen LogP contribution in [0.25, 0.3) is 0 Å². The molecule has 0 aromatic heterocycles. The Morgan fingerprint density at radius 2 is 1.76 bits per heavy atom. The zero-order valence-electron chi connectivity index (χ0n) is 18.5. The Kier molecular flexibility index (Phi) is 8.74. The topological polar surface area (TPSA) is 66.5 Å². The number of ether oxygens (including phenoxy) is 4. The van der Waals surface area contributed by atoms with Gasteiger partial charge in [0.25, 0.3) is 0 Å². The molecule has 0 aliphatic heterocycles. The average Bonchev–Trinajstić information content (AvgIpc) is 3.15. The van der Waals surface area contributed by atoms with Gasteiger partial charge in [-0.1, -0.05) is 13.8 Å². The number of benzene rings is 1. The molecule has 164 valence electrons. The van der Waals surface area contributed by atoms with Crippen LogP contribution >= 0.6 is 0 Å². The number of carbonyl (C=O) groups is 1. The molecule has 0 bridgehead atoms. The van der Waals surface area contributed by atoms with Crippen LogP contribution in [0.5, 0.6) is 11.5 Å². The first-order valence-electron chi connectivity index (χ1n) is 10.2. The fraction of sp³-hybridized carbons (Fsp3) is 0.682. The maximum Gasteiger partial charge on any atom is 0.249 e. The molecular weight excluding hydrogens is 374 g/mol. The highest BCUT2D eigenvalue weighted by molar-refractivity contribution is 5.79. The number of nitrogens with zero attached hydrogens (tertiary/aromatic N) is 1. The first-order valence-corrected chi connectivity index (χ1v) is 10.2. The molecule has 0 spiro atoms. The zero-order valence-corrected chi connectivity index (χ0v) is 18.5. The molecular formula is C22H35NO6. The van der Waals surface area contributed by atoms with E-state index in [1.54, 1.807) is 21.3 Å². The molecule has 29 heavy (non-hydrogen) atoms. The summed E-state index contributed by atoms with van der Waals surface area (Å²) in [6, 6.07) is 5.71. The summed E-state index contributed by atoms with van der Waals surface area (Å²) in [5.74, 6) is 1.18. The quantitative estimate of drug-likeness (QED) is 0.407. The van der Waals surface area contributed by atoms with Crippen molar-refractivity contribution >= 4 is 5.91 Å². The van der Waals surface area contributed by atoms with Gasteiger partial charge in [0.2, 0.25) is 5.91 Å². The third kappa shape index (κ3) is 5.02. The minimum Gasteiger partial charge on any atom is -0.468 e. The number of methoxy groups -OCH3 is 2. The lowest BCUT2D eigenvalue weighted by Gasteiger charge is -2.37. The third-order valence-electron chi connectivity index (χ3n) is 6.32. The number of rotatable bonds is 11. The third-order valence-corrected chi connectivity index (χ3v) is 6.32. The predicted octanol–water partition coefficient (Wildman–Crippen LogP) is 3.97. The van der Waals surface area contributed by atoms with Crippen molar-refractivity contribution in [1.82, 2.24) is 5.06 Å². The standard InChI is InChI=1S/C22H35NO6/c1-7-22(8-2)12-11-17(21(24)23(3)27-6)20(22)18-13-16(28-14-25-4)9-10-19(18)29-15-26-5/h9-10,13,17,20H,7-8,11-12,14-15H2,1-6H3. The number of hydrogen-bond acceptors (Lipinski definition) is 6. The summed E-state index contributed by atoms with van der Waals surface area (Å²) in [6.45, 7) is 4.69. The van der Waals surface area contributed by atoms with E-state index in [0.29, 0.717) is 11.5 Å². The first kappa shape index (κ1) is 23.4. The molecule has 1 aliphatic carbocycles. The lowest BCUT2D eigenvalue weighted by molar-refractivity contribution is -0.174. The summed E-state index contributed by atoms with van der Waals surface area (Å²) in [5, 5.41) is 1.33. The van der Waals surface area contributed by atoms with Gasteiger partial charge in [-0.05, 0) is 49.3 Å². The van der Waals surface area contributed by atoms with Gasteiger partial charge in [0.15, 0.2) is 13.6 Å². The maximum absolute atomic E-state index is 13.1. The van der Waals surface area contributed by atoms with E-state index in [2.05, 4.69) is 13.8 Å². The van der Waals surface area contributed by atoms with Gasteiger partial charge in [0.1, 0.15) is 11.5 Å². The molecule has 7 nitrogen and oxygen atoms in total. The molecule has 1 fully saturated rings. The zero-order chi connectivity index (χ0) is 21.4. The number of carbonyl (C=O) groups excluding carboxylic acids is 1. The van der Waals surface area contributed by atoms with E-state index in [-0.39, 0.29) is 36.7 Å². The molecule has 2 rings (SSSR count). The highest BCUT2D eigenvalue weighted by atomic mass is 16.7. The minimum absolute atomic E-state index is 0.0000302. The highest BCUT2D eigenvalue weighted by Gasteiger charge is 2.51. The van der Waals surface area contributed by atoms with Crippen molar-refractivity contribution in [2.45, 2.75) is 45.4 Å². The number of hydroxylamine groups is 2. The van der Waals surface area contributed by atoms with Crippen LogP contribution in [0.3, 0.4) is 0 Å². The van der Waals surface area contributed by atoms with Crippen molar-refractivity contribution < 1.29 is 28.6 Å². The summed E-state index contributed by atoms with van der Waals surface area (Å²) in [6.07, 6.45) is 3.74. The van der Waals surface area contributed by atoms with Crippen LogP contribution in [0.4, 0.5) is 0 Å². The molecule has 2 atom stereocenters. The average molecular weight is 410 g/mol. The SMILES string of the molecule is CCC1(CC)CCC(C(=O)N(C)OC)C1c1cc(OCOC)ccc1OCOC. The van der Waals surface area contributed by atoms with Crippen molar-refractivity contribution in [2.75, 3.05) is 42.0 Å². The molecule has 0 radical (unpaired) electrons. The Hall–Kier alpha value is -1.83. The van der Waals surface area contributed by atoms with E-state index in [4.69, 9.17) is 23.8 Å². The van der Waals surface area contributed by atoms with Crippen LogP contribution in [0.15, 0.2) is 18.2 Å². The lowest BCUT2D eigenvalue weighted by Crippen LogP contribution is -2.36. The highest BCUT2D eigenvalue weighted by Crippen LogP contribution is 2.59. The molecule has 1 saturated carbocycles. The van der Waals surface area contributed by atoms with Crippen molar-refractivity contribution in [2.24, 2.45) is 11.3 Å². The van der Waals surface area contributed by atoms with Crippen molar-refractivity contribution in [1.29, 1.82) is 0 Å². The Labute approximate surface area is 174 Å². The van der Waals surface area contributed by atoms with Crippen molar-refractivity contribution in [3.63, 3.8) is 0 Å². The maximum atomic E-state index is 13.1. The second-order valence-electron chi connectivity index (χ2n) is 7.51. The first-order chi connectivity index (χ1) is 14.0. The van der Waals surface area contributed by atoms with Crippen LogP contribution in [0.2, 0.25) is 0 Å².